The Labute approximate surface area is 87.3 Å². The second-order valence-corrected chi connectivity index (χ2v) is 2.71. The standard InChI is InChI=1S/C6H4F10O/c7-1-2-17-6(15,16)3(8,4(9,10)11)5(12,13)14/h1-2H2. The molecule has 0 bridgehead atoms. The van der Waals surface area contributed by atoms with Gasteiger partial charge in [-0.2, -0.15) is 35.1 Å². The molecule has 17 heavy (non-hydrogen) atoms. The summed E-state index contributed by atoms with van der Waals surface area (Å²) in [4.78, 5) is 0. The number of ether oxygens (including phenoxy) is 1. The Kier molecular flexibility index (Phi) is 4.30. The smallest absolute Gasteiger partial charge is 0.315 e. The lowest BCUT2D eigenvalue weighted by atomic mass is 10.0. The maximum atomic E-state index is 12.7. The van der Waals surface area contributed by atoms with Crippen LogP contribution in [0, 0.1) is 0 Å². The van der Waals surface area contributed by atoms with E-state index in [0.29, 0.717) is 0 Å². The van der Waals surface area contributed by atoms with Gasteiger partial charge in [0.1, 0.15) is 6.67 Å². The van der Waals surface area contributed by atoms with Gasteiger partial charge < -0.3 is 4.74 Å². The van der Waals surface area contributed by atoms with Gasteiger partial charge in [0, 0.05) is 0 Å². The van der Waals surface area contributed by atoms with E-state index in [0.717, 1.165) is 0 Å². The van der Waals surface area contributed by atoms with E-state index in [1.165, 1.54) is 0 Å². The first-order valence-corrected chi connectivity index (χ1v) is 3.71. The third-order valence-corrected chi connectivity index (χ3v) is 1.54. The molecule has 0 rings (SSSR count). The Morgan fingerprint density at radius 1 is 0.706 bits per heavy atom. The van der Waals surface area contributed by atoms with E-state index in [1.54, 1.807) is 0 Å². The van der Waals surface area contributed by atoms with Crippen molar-refractivity contribution in [1.29, 1.82) is 0 Å². The first-order chi connectivity index (χ1) is 7.31. The number of rotatable bonds is 4. The predicted octanol–water partition coefficient (Wildman–Crippen LogP) is 3.40. The van der Waals surface area contributed by atoms with E-state index in [4.69, 9.17) is 0 Å². The van der Waals surface area contributed by atoms with Crippen LogP contribution in [0.25, 0.3) is 0 Å². The highest BCUT2D eigenvalue weighted by Gasteiger charge is 2.85. The molecule has 0 aliphatic carbocycles. The molecule has 0 unspecified atom stereocenters. The van der Waals surface area contributed by atoms with Crippen LogP contribution in [0.3, 0.4) is 0 Å². The minimum absolute atomic E-state index is 1.80. The van der Waals surface area contributed by atoms with Gasteiger partial charge in [0.2, 0.25) is 0 Å². The molecule has 0 saturated heterocycles. The van der Waals surface area contributed by atoms with Crippen molar-refractivity contribution in [3.63, 3.8) is 0 Å². The molecular formula is C6H4F10O. The Bertz CT molecular complexity index is 239. The van der Waals surface area contributed by atoms with E-state index in [1.807, 2.05) is 0 Å². The zero-order valence-corrected chi connectivity index (χ0v) is 7.60. The van der Waals surface area contributed by atoms with Gasteiger partial charge in [-0.3, -0.25) is 0 Å². The van der Waals surface area contributed by atoms with Gasteiger partial charge in [-0.1, -0.05) is 0 Å². The van der Waals surface area contributed by atoms with Gasteiger partial charge in [0.25, 0.3) is 0 Å². The van der Waals surface area contributed by atoms with Crippen molar-refractivity contribution in [3.8, 4) is 0 Å². The first-order valence-electron chi connectivity index (χ1n) is 3.71. The molecule has 0 aliphatic rings. The molecule has 0 aromatic heterocycles. The Balaban J connectivity index is 5.49. The summed E-state index contributed by atoms with van der Waals surface area (Å²) in [5.41, 5.74) is -6.90. The molecule has 0 N–H and O–H groups in total. The van der Waals surface area contributed by atoms with Gasteiger partial charge in [0.05, 0.1) is 6.61 Å². The highest BCUT2D eigenvalue weighted by molar-refractivity contribution is 5.01. The largest absolute Gasteiger partial charge is 0.440 e. The maximum Gasteiger partial charge on any atom is 0.440 e. The fourth-order valence-corrected chi connectivity index (χ4v) is 0.757. The number of alkyl halides is 10. The molecular weight excluding hydrogens is 278 g/mol. The van der Waals surface area contributed by atoms with Crippen molar-refractivity contribution < 1.29 is 48.6 Å². The van der Waals surface area contributed by atoms with E-state index in [9.17, 15) is 43.9 Å². The molecule has 0 fully saturated rings. The molecule has 1 nitrogen and oxygen atoms in total. The summed E-state index contributed by atoms with van der Waals surface area (Å²) in [5.74, 6) is 0. The average molecular weight is 282 g/mol. The normalized spacial score (nSPS) is 15.2. The Morgan fingerprint density at radius 2 is 1.06 bits per heavy atom. The average Bonchev–Trinajstić information content (AvgIpc) is 2.09. The fourth-order valence-electron chi connectivity index (χ4n) is 0.757. The number of hydrogen-bond donors (Lipinski definition) is 0. The summed E-state index contributed by atoms with van der Waals surface area (Å²) in [5, 5.41) is 0. The van der Waals surface area contributed by atoms with Gasteiger partial charge in [-0.15, -0.1) is 0 Å². The summed E-state index contributed by atoms with van der Waals surface area (Å²) in [7, 11) is 0. The molecule has 0 aromatic rings. The van der Waals surface area contributed by atoms with Gasteiger partial charge in [0.15, 0.2) is 0 Å². The summed E-state index contributed by atoms with van der Waals surface area (Å²) >= 11 is 0. The van der Waals surface area contributed by atoms with Crippen LogP contribution in [0.15, 0.2) is 0 Å². The van der Waals surface area contributed by atoms with E-state index in [2.05, 4.69) is 4.74 Å². The Morgan fingerprint density at radius 3 is 1.29 bits per heavy atom. The van der Waals surface area contributed by atoms with Crippen molar-refractivity contribution in [2.24, 2.45) is 0 Å². The van der Waals surface area contributed by atoms with Gasteiger partial charge in [-0.05, 0) is 0 Å². The minimum Gasteiger partial charge on any atom is -0.315 e. The zero-order chi connectivity index (χ0) is 14.1. The van der Waals surface area contributed by atoms with Crippen LogP contribution in [-0.4, -0.2) is 37.4 Å². The second kappa shape index (κ2) is 4.50. The minimum atomic E-state index is -6.97. The molecule has 0 aromatic carbocycles. The third-order valence-electron chi connectivity index (χ3n) is 1.54. The summed E-state index contributed by atoms with van der Waals surface area (Å²) in [6.07, 6.45) is -20.2. The van der Waals surface area contributed by atoms with E-state index in [-0.39, 0.29) is 0 Å². The summed E-state index contributed by atoms with van der Waals surface area (Å²) in [6, 6.07) is 0. The molecule has 11 heteroatoms. The molecule has 0 heterocycles. The number of hydrogen-bond acceptors (Lipinski definition) is 1. The van der Waals surface area contributed by atoms with Crippen LogP contribution in [0.4, 0.5) is 43.9 Å². The summed E-state index contributed by atoms with van der Waals surface area (Å²) < 4.78 is 122. The summed E-state index contributed by atoms with van der Waals surface area (Å²) in [6.45, 7) is -3.62. The fraction of sp³-hybridized carbons (Fsp3) is 1.00. The van der Waals surface area contributed by atoms with Crippen LogP contribution in [-0.2, 0) is 4.74 Å². The molecule has 0 aliphatic heterocycles. The van der Waals surface area contributed by atoms with E-state index >= 15 is 0 Å². The molecule has 104 valence electrons. The van der Waals surface area contributed by atoms with Crippen LogP contribution < -0.4 is 0 Å². The highest BCUT2D eigenvalue weighted by atomic mass is 19.4. The first kappa shape index (κ1) is 16.3. The lowest BCUT2D eigenvalue weighted by Crippen LogP contribution is -2.65. The van der Waals surface area contributed by atoms with Crippen molar-refractivity contribution in [2.75, 3.05) is 13.3 Å². The molecule has 0 amide bonds. The topological polar surface area (TPSA) is 9.23 Å². The van der Waals surface area contributed by atoms with Crippen LogP contribution in [0.2, 0.25) is 0 Å². The Hall–Kier alpha value is -0.740. The molecule has 0 saturated carbocycles. The molecule has 0 spiro atoms. The predicted molar refractivity (Wildman–Crippen MR) is 32.8 cm³/mol. The van der Waals surface area contributed by atoms with Crippen LogP contribution in [0.5, 0.6) is 0 Å². The third kappa shape index (κ3) is 2.75. The zero-order valence-electron chi connectivity index (χ0n) is 7.60. The van der Waals surface area contributed by atoms with Crippen molar-refractivity contribution in [2.45, 2.75) is 24.1 Å². The lowest BCUT2D eigenvalue weighted by molar-refractivity contribution is -0.449. The SMILES string of the molecule is FCCOC(F)(F)C(F)(C(F)(F)F)C(F)(F)F. The second-order valence-electron chi connectivity index (χ2n) is 2.71. The van der Waals surface area contributed by atoms with E-state index < -0.39 is 37.4 Å². The van der Waals surface area contributed by atoms with Crippen molar-refractivity contribution in [3.05, 3.63) is 0 Å². The highest BCUT2D eigenvalue weighted by Crippen LogP contribution is 2.54. The quantitative estimate of drug-likeness (QED) is 0.718. The van der Waals surface area contributed by atoms with Gasteiger partial charge >= 0.3 is 24.1 Å². The van der Waals surface area contributed by atoms with Crippen LogP contribution in [0.1, 0.15) is 0 Å². The monoisotopic (exact) mass is 282 g/mol. The van der Waals surface area contributed by atoms with Gasteiger partial charge in [-0.25, -0.2) is 8.78 Å². The lowest BCUT2D eigenvalue weighted by Gasteiger charge is -2.35. The van der Waals surface area contributed by atoms with Crippen LogP contribution >= 0.6 is 0 Å². The maximum absolute atomic E-state index is 12.7. The van der Waals surface area contributed by atoms with Crippen molar-refractivity contribution in [1.82, 2.24) is 0 Å². The van der Waals surface area contributed by atoms with Crippen molar-refractivity contribution >= 4 is 0 Å². The molecule has 0 atom stereocenters. The molecule has 0 radical (unpaired) electrons. The number of halogens is 10.